The molecule has 0 saturated carbocycles. The van der Waals surface area contributed by atoms with Gasteiger partial charge < -0.3 is 9.88 Å². The van der Waals surface area contributed by atoms with Crippen molar-refractivity contribution in [2.24, 2.45) is 11.8 Å². The van der Waals surface area contributed by atoms with Crippen molar-refractivity contribution in [3.63, 3.8) is 0 Å². The largest absolute Gasteiger partial charge is 0.342 e. The van der Waals surface area contributed by atoms with Crippen LogP contribution in [-0.4, -0.2) is 20.8 Å². The lowest BCUT2D eigenvalue weighted by atomic mass is 9.81. The van der Waals surface area contributed by atoms with Crippen molar-refractivity contribution in [3.8, 4) is 11.1 Å². The van der Waals surface area contributed by atoms with Crippen LogP contribution in [0.5, 0.6) is 0 Å². The predicted octanol–water partition coefficient (Wildman–Crippen LogP) is 8.25. The highest BCUT2D eigenvalue weighted by Crippen LogP contribution is 2.53. The highest BCUT2D eigenvalue weighted by atomic mass is 16.2. The number of hydrogen-bond acceptors (Lipinski definition) is 2. The topological polar surface area (TPSA) is 49.0 Å². The van der Waals surface area contributed by atoms with Crippen molar-refractivity contribution < 1.29 is 4.79 Å². The summed E-state index contributed by atoms with van der Waals surface area (Å²) in [6.07, 6.45) is 6.07. The smallest absolute Gasteiger partial charge is 0.223 e. The van der Waals surface area contributed by atoms with Crippen molar-refractivity contribution in [1.82, 2.24) is 14.9 Å². The van der Waals surface area contributed by atoms with Gasteiger partial charge in [-0.15, -0.1) is 0 Å². The summed E-state index contributed by atoms with van der Waals surface area (Å²) in [5.41, 5.74) is 10.0. The molecule has 2 aliphatic heterocycles. The summed E-state index contributed by atoms with van der Waals surface area (Å²) in [7, 11) is 0. The van der Waals surface area contributed by atoms with Gasteiger partial charge >= 0.3 is 0 Å². The average Bonchev–Trinajstić information content (AvgIpc) is 3.60. The molecule has 0 spiro atoms. The van der Waals surface area contributed by atoms with Gasteiger partial charge in [0.15, 0.2) is 0 Å². The van der Waals surface area contributed by atoms with E-state index >= 15 is 0 Å². The summed E-state index contributed by atoms with van der Waals surface area (Å²) in [6.45, 7) is 8.81. The second-order valence-corrected chi connectivity index (χ2v) is 11.7. The number of benzene rings is 3. The lowest BCUT2D eigenvalue weighted by molar-refractivity contribution is -0.135. The predicted molar refractivity (Wildman–Crippen MR) is 155 cm³/mol. The van der Waals surface area contributed by atoms with E-state index in [4.69, 9.17) is 0 Å². The number of H-pyrrole nitrogens is 1. The van der Waals surface area contributed by atoms with E-state index in [1.165, 1.54) is 33.4 Å². The minimum absolute atomic E-state index is 0.288. The fourth-order valence-electron chi connectivity index (χ4n) is 7.08. The van der Waals surface area contributed by atoms with Gasteiger partial charge in [-0.25, -0.2) is 4.98 Å². The van der Waals surface area contributed by atoms with E-state index < -0.39 is 0 Å². The number of imidazole rings is 1. The summed E-state index contributed by atoms with van der Waals surface area (Å²) >= 11 is 0. The molecule has 4 unspecified atom stereocenters. The normalized spacial score (nSPS) is 19.6. The van der Waals surface area contributed by atoms with Gasteiger partial charge in [-0.1, -0.05) is 68.8 Å². The van der Waals surface area contributed by atoms with Crippen molar-refractivity contribution in [3.05, 3.63) is 88.7 Å². The maximum Gasteiger partial charge on any atom is 0.223 e. The summed E-state index contributed by atoms with van der Waals surface area (Å²) in [5.74, 6) is 2.13. The summed E-state index contributed by atoms with van der Waals surface area (Å²) in [5, 5.41) is 0. The molecule has 1 saturated heterocycles. The molecule has 196 valence electrons. The molecule has 2 aliphatic rings. The Morgan fingerprint density at radius 2 is 1.68 bits per heavy atom. The molecule has 4 nitrogen and oxygen atoms in total. The number of aromatic amines is 1. The second kappa shape index (κ2) is 10.1. The number of nitrogens with one attached hydrogen (secondary N) is 1. The first-order valence-corrected chi connectivity index (χ1v) is 14.4. The van der Waals surface area contributed by atoms with E-state index in [1.807, 2.05) is 6.92 Å². The third kappa shape index (κ3) is 4.44. The summed E-state index contributed by atoms with van der Waals surface area (Å²) < 4.78 is 0. The Bertz CT molecular complexity index is 1450. The number of aromatic nitrogens is 2. The van der Waals surface area contributed by atoms with Gasteiger partial charge in [0, 0.05) is 6.42 Å². The van der Waals surface area contributed by atoms with E-state index in [-0.39, 0.29) is 12.1 Å². The van der Waals surface area contributed by atoms with Crippen LogP contribution in [-0.2, 0) is 11.2 Å². The van der Waals surface area contributed by atoms with Crippen LogP contribution in [0.3, 0.4) is 0 Å². The molecule has 3 aromatic carbocycles. The fourth-order valence-corrected chi connectivity index (χ4v) is 7.08. The average molecular weight is 506 g/mol. The zero-order chi connectivity index (χ0) is 26.4. The van der Waals surface area contributed by atoms with Crippen molar-refractivity contribution in [2.45, 2.75) is 78.3 Å². The van der Waals surface area contributed by atoms with Gasteiger partial charge in [0.1, 0.15) is 5.82 Å². The number of carbonyl (C=O) groups is 1. The van der Waals surface area contributed by atoms with Crippen LogP contribution in [0.4, 0.5) is 0 Å². The van der Waals surface area contributed by atoms with E-state index in [9.17, 15) is 4.79 Å². The summed E-state index contributed by atoms with van der Waals surface area (Å²) in [6, 6.07) is 22.6. The molecule has 0 radical (unpaired) electrons. The number of aryl methyl sites for hydroxylation is 2. The molecule has 38 heavy (non-hydrogen) atoms. The van der Waals surface area contributed by atoms with E-state index in [0.29, 0.717) is 24.2 Å². The number of hydrogen-bond donors (Lipinski definition) is 1. The first-order chi connectivity index (χ1) is 18.4. The Kier molecular flexibility index (Phi) is 6.59. The van der Waals surface area contributed by atoms with Crippen LogP contribution < -0.4 is 0 Å². The number of carbonyl (C=O) groups excluding carboxylic acids is 1. The van der Waals surface area contributed by atoms with E-state index in [1.54, 1.807) is 0 Å². The Morgan fingerprint density at radius 3 is 2.39 bits per heavy atom. The second-order valence-electron chi connectivity index (χ2n) is 11.7. The van der Waals surface area contributed by atoms with Crippen LogP contribution in [0.25, 0.3) is 22.2 Å². The first kappa shape index (κ1) is 24.9. The van der Waals surface area contributed by atoms with Gasteiger partial charge in [0.25, 0.3) is 0 Å². The molecule has 0 aliphatic carbocycles. The zero-order valence-corrected chi connectivity index (χ0v) is 23.1. The Hall–Kier alpha value is -3.40. The molecule has 1 N–H and O–H groups in total. The van der Waals surface area contributed by atoms with Gasteiger partial charge in [-0.05, 0) is 96.9 Å². The Morgan fingerprint density at radius 1 is 1.00 bits per heavy atom. The first-order valence-electron chi connectivity index (χ1n) is 14.4. The van der Waals surface area contributed by atoms with E-state index in [0.717, 1.165) is 49.0 Å². The standard InChI is InChI=1S/C34H39N3O/c1-5-8-24(20-34(38)37-32-15-16-33(37)29-10-7-6-9-28(29)32)22(3)17-27-18-25(12-11-21(27)2)26-13-14-30-31(19-26)36-23(4)35-30/h6-7,9-14,18-19,22,24,32-33H,5,8,15-17,20H2,1-4H3,(H,35,36). The molecule has 4 aromatic rings. The molecule has 4 atom stereocenters. The zero-order valence-electron chi connectivity index (χ0n) is 23.1. The molecule has 1 amide bonds. The Balaban J connectivity index is 1.19. The Labute approximate surface area is 226 Å². The third-order valence-corrected chi connectivity index (χ3v) is 9.11. The van der Waals surface area contributed by atoms with Crippen LogP contribution in [0.1, 0.15) is 86.1 Å². The van der Waals surface area contributed by atoms with Crippen LogP contribution in [0.2, 0.25) is 0 Å². The quantitative estimate of drug-likeness (QED) is 0.262. The van der Waals surface area contributed by atoms with Crippen molar-refractivity contribution >= 4 is 16.9 Å². The number of nitrogens with zero attached hydrogens (tertiary/aromatic N) is 2. The number of amides is 1. The van der Waals surface area contributed by atoms with Gasteiger partial charge in [0.05, 0.1) is 23.1 Å². The van der Waals surface area contributed by atoms with E-state index in [2.05, 4.69) is 96.3 Å². The molecular formula is C34H39N3O. The molecule has 2 bridgehead atoms. The monoisotopic (exact) mass is 505 g/mol. The molecule has 3 heterocycles. The molecule has 1 fully saturated rings. The molecule has 1 aromatic heterocycles. The van der Waals surface area contributed by atoms with Crippen LogP contribution in [0, 0.1) is 25.7 Å². The number of rotatable bonds is 8. The van der Waals surface area contributed by atoms with Crippen LogP contribution in [0.15, 0.2) is 60.7 Å². The minimum atomic E-state index is 0.288. The van der Waals surface area contributed by atoms with Crippen LogP contribution >= 0.6 is 0 Å². The molecular weight excluding hydrogens is 466 g/mol. The van der Waals surface area contributed by atoms with Gasteiger partial charge in [-0.2, -0.15) is 0 Å². The third-order valence-electron chi connectivity index (χ3n) is 9.11. The SMILES string of the molecule is CCCC(CC(=O)N1C2CCC1c1ccccc12)C(C)Cc1cc(-c2ccc3nc(C)[nH]c3c2)ccc1C. The molecule has 6 rings (SSSR count). The maximum atomic E-state index is 13.7. The highest BCUT2D eigenvalue weighted by molar-refractivity contribution is 5.82. The fraction of sp³-hybridized carbons (Fsp3) is 0.412. The highest BCUT2D eigenvalue weighted by Gasteiger charge is 2.46. The maximum absolute atomic E-state index is 13.7. The van der Waals surface area contributed by atoms with Gasteiger partial charge in [0.2, 0.25) is 5.91 Å². The molecule has 4 heteroatoms. The van der Waals surface area contributed by atoms with Crippen molar-refractivity contribution in [2.75, 3.05) is 0 Å². The minimum Gasteiger partial charge on any atom is -0.342 e. The lowest BCUT2D eigenvalue weighted by Gasteiger charge is -2.29. The van der Waals surface area contributed by atoms with Crippen molar-refractivity contribution in [1.29, 1.82) is 0 Å². The lowest BCUT2D eigenvalue weighted by Crippen LogP contribution is -2.31. The van der Waals surface area contributed by atoms with Gasteiger partial charge in [-0.3, -0.25) is 4.79 Å². The number of fused-ring (bicyclic) bond motifs is 6. The summed E-state index contributed by atoms with van der Waals surface area (Å²) in [4.78, 5) is 23.9.